The Balaban J connectivity index is 2.01. The van der Waals surface area contributed by atoms with E-state index in [2.05, 4.69) is 14.4 Å². The van der Waals surface area contributed by atoms with Crippen molar-refractivity contribution in [3.63, 3.8) is 0 Å². The molecular weight excluding hydrogens is 525 g/mol. The maximum absolute atomic E-state index is 12.9. The molecule has 0 fully saturated rings. The highest BCUT2D eigenvalue weighted by molar-refractivity contribution is 7.88. The molecule has 190 valence electrons. The highest BCUT2D eigenvalue weighted by Crippen LogP contribution is 2.38. The van der Waals surface area contributed by atoms with Crippen LogP contribution in [0.25, 0.3) is 5.69 Å². The number of nitrogens with zero attached hydrogens (tertiary/aromatic N) is 4. The van der Waals surface area contributed by atoms with Crippen molar-refractivity contribution < 1.29 is 35.7 Å². The third-order valence-electron chi connectivity index (χ3n) is 5.59. The van der Waals surface area contributed by atoms with E-state index in [1.165, 1.54) is 6.07 Å². The number of aliphatic carboxylic acids is 1. The molecule has 0 radical (unpaired) electrons. The molecular formula is C22H18ClF3N4O5S. The minimum atomic E-state index is -5.94. The molecule has 4 rings (SSSR count). The van der Waals surface area contributed by atoms with E-state index in [1.54, 1.807) is 42.7 Å². The van der Waals surface area contributed by atoms with Gasteiger partial charge in [0.1, 0.15) is 17.6 Å². The van der Waals surface area contributed by atoms with Crippen molar-refractivity contribution in [1.29, 1.82) is 0 Å². The largest absolute Gasteiger partial charge is 0.534 e. The number of hydrogen-bond donors (Lipinski definition) is 1. The number of carboxylic acid groups (broad SMARTS) is 1. The average molecular weight is 543 g/mol. The predicted octanol–water partition coefficient (Wildman–Crippen LogP) is 4.46. The maximum atomic E-state index is 12.9. The van der Waals surface area contributed by atoms with Crippen molar-refractivity contribution in [3.05, 3.63) is 70.3 Å². The number of benzene rings is 2. The van der Waals surface area contributed by atoms with Crippen LogP contribution in [0.5, 0.6) is 5.75 Å². The van der Waals surface area contributed by atoms with E-state index in [0.717, 1.165) is 12.1 Å². The second-order valence-corrected chi connectivity index (χ2v) is 9.86. The molecule has 3 aromatic rings. The van der Waals surface area contributed by atoms with Gasteiger partial charge < -0.3 is 9.29 Å². The zero-order valence-electron chi connectivity index (χ0n) is 18.7. The fraction of sp³-hybridized carbons (Fsp3) is 0.273. The number of rotatable bonds is 6. The summed E-state index contributed by atoms with van der Waals surface area (Å²) in [6.45, 7) is 3.29. The summed E-state index contributed by atoms with van der Waals surface area (Å²) in [4.78, 5) is 16.8. The number of hydrogen-bond acceptors (Lipinski definition) is 7. The van der Waals surface area contributed by atoms with E-state index in [9.17, 15) is 31.5 Å². The first kappa shape index (κ1) is 25.6. The number of aryl methyl sites for hydroxylation is 1. The number of carboxylic acids is 1. The number of aromatic nitrogens is 3. The third kappa shape index (κ3) is 4.55. The van der Waals surface area contributed by atoms with Gasteiger partial charge in [0, 0.05) is 16.1 Å². The third-order valence-corrected chi connectivity index (χ3v) is 6.82. The second kappa shape index (κ2) is 9.21. The van der Waals surface area contributed by atoms with Gasteiger partial charge in [-0.3, -0.25) is 14.4 Å². The van der Waals surface area contributed by atoms with Crippen LogP contribution in [0.1, 0.15) is 42.2 Å². The molecule has 0 bridgehead atoms. The van der Waals surface area contributed by atoms with E-state index >= 15 is 0 Å². The Labute approximate surface area is 208 Å². The van der Waals surface area contributed by atoms with Gasteiger partial charge in [-0.15, -0.1) is 10.2 Å². The van der Waals surface area contributed by atoms with Gasteiger partial charge in [-0.1, -0.05) is 30.7 Å². The Bertz CT molecular complexity index is 1470. The Morgan fingerprint density at radius 3 is 2.44 bits per heavy atom. The van der Waals surface area contributed by atoms with E-state index in [4.69, 9.17) is 16.6 Å². The SMILES string of the molecule is CCC(C(=O)O)[C@@H]1N=C(c2ccc(Cl)cc2)c2cc(OS(=O)(=O)C(F)(F)F)ccc2-n2c(C)nnc21. The summed E-state index contributed by atoms with van der Waals surface area (Å²) < 4.78 is 68.0. The zero-order chi connectivity index (χ0) is 26.4. The number of carbonyl (C=O) groups is 1. The molecule has 0 spiro atoms. The lowest BCUT2D eigenvalue weighted by Gasteiger charge is -2.18. The summed E-state index contributed by atoms with van der Waals surface area (Å²) in [5.74, 6) is -2.17. The van der Waals surface area contributed by atoms with Crippen LogP contribution in [-0.2, 0) is 14.9 Å². The minimum absolute atomic E-state index is 0.180. The van der Waals surface area contributed by atoms with E-state index in [1.807, 2.05) is 0 Å². The maximum Gasteiger partial charge on any atom is 0.534 e. The summed E-state index contributed by atoms with van der Waals surface area (Å²) in [6, 6.07) is 8.80. The van der Waals surface area contributed by atoms with Crippen molar-refractivity contribution in [2.45, 2.75) is 31.8 Å². The summed E-state index contributed by atoms with van der Waals surface area (Å²) in [6.07, 6.45) is 0.192. The molecule has 0 saturated heterocycles. The van der Waals surface area contributed by atoms with Crippen LogP contribution in [0.2, 0.25) is 5.02 Å². The van der Waals surface area contributed by atoms with Crippen molar-refractivity contribution in [3.8, 4) is 11.4 Å². The average Bonchev–Trinajstić information content (AvgIpc) is 3.10. The first-order valence-corrected chi connectivity index (χ1v) is 12.3. The van der Waals surface area contributed by atoms with Gasteiger partial charge in [0.2, 0.25) is 0 Å². The number of alkyl halides is 3. The first-order chi connectivity index (χ1) is 16.8. The topological polar surface area (TPSA) is 124 Å². The summed E-state index contributed by atoms with van der Waals surface area (Å²) >= 11 is 6.01. The quantitative estimate of drug-likeness (QED) is 0.360. The van der Waals surface area contributed by atoms with Gasteiger partial charge >= 0.3 is 21.6 Å². The molecule has 2 heterocycles. The molecule has 14 heteroatoms. The van der Waals surface area contributed by atoms with Crippen LogP contribution >= 0.6 is 11.6 Å². The van der Waals surface area contributed by atoms with Gasteiger partial charge in [0.05, 0.1) is 17.3 Å². The van der Waals surface area contributed by atoms with Gasteiger partial charge in [-0.2, -0.15) is 21.6 Å². The van der Waals surface area contributed by atoms with Crippen molar-refractivity contribution in [2.75, 3.05) is 0 Å². The van der Waals surface area contributed by atoms with Crippen molar-refractivity contribution in [1.82, 2.24) is 14.8 Å². The summed E-state index contributed by atoms with van der Waals surface area (Å²) in [5.41, 5.74) is -4.46. The first-order valence-electron chi connectivity index (χ1n) is 10.5. The van der Waals surface area contributed by atoms with Crippen molar-refractivity contribution in [2.24, 2.45) is 10.9 Å². The van der Waals surface area contributed by atoms with Crippen LogP contribution in [0.15, 0.2) is 47.5 Å². The molecule has 0 amide bonds. The fourth-order valence-electron chi connectivity index (χ4n) is 3.90. The second-order valence-electron chi connectivity index (χ2n) is 7.89. The zero-order valence-corrected chi connectivity index (χ0v) is 20.3. The van der Waals surface area contributed by atoms with E-state index in [0.29, 0.717) is 22.1 Å². The lowest BCUT2D eigenvalue weighted by atomic mass is 9.96. The summed E-state index contributed by atoms with van der Waals surface area (Å²) in [7, 11) is -5.94. The number of halogens is 4. The molecule has 1 unspecified atom stereocenters. The van der Waals surface area contributed by atoms with Crippen LogP contribution < -0.4 is 4.18 Å². The molecule has 0 aliphatic carbocycles. The van der Waals surface area contributed by atoms with E-state index in [-0.39, 0.29) is 23.5 Å². The molecule has 2 aromatic carbocycles. The molecule has 2 atom stereocenters. The van der Waals surface area contributed by atoms with Gasteiger partial charge in [-0.25, -0.2) is 0 Å². The van der Waals surface area contributed by atoms with Crippen LogP contribution in [0, 0.1) is 12.8 Å². The molecule has 1 aliphatic heterocycles. The van der Waals surface area contributed by atoms with Crippen molar-refractivity contribution >= 4 is 33.4 Å². The minimum Gasteiger partial charge on any atom is -0.481 e. The summed E-state index contributed by atoms with van der Waals surface area (Å²) in [5, 5.41) is 18.5. The van der Waals surface area contributed by atoms with Gasteiger partial charge in [0.15, 0.2) is 5.82 Å². The van der Waals surface area contributed by atoms with Gasteiger partial charge in [-0.05, 0) is 43.7 Å². The standard InChI is InChI=1S/C22H18ClF3N4O5S/c1-3-15(21(31)32)19-20-29-28-11(2)30(20)17-9-8-14(35-36(33,34)22(24,25)26)10-16(17)18(27-19)12-4-6-13(23)7-5-12/h4-10,15,19H,3H2,1-2H3,(H,31,32)/t15?,19-/m0/s1. The monoisotopic (exact) mass is 542 g/mol. The van der Waals surface area contributed by atoms with Gasteiger partial charge in [0.25, 0.3) is 0 Å². The smallest absolute Gasteiger partial charge is 0.481 e. The van der Waals surface area contributed by atoms with Crippen LogP contribution in [0.3, 0.4) is 0 Å². The van der Waals surface area contributed by atoms with Crippen LogP contribution in [-0.4, -0.2) is 45.5 Å². The molecule has 0 saturated carbocycles. The highest BCUT2D eigenvalue weighted by atomic mass is 35.5. The Morgan fingerprint density at radius 1 is 1.19 bits per heavy atom. The molecule has 36 heavy (non-hydrogen) atoms. The fourth-order valence-corrected chi connectivity index (χ4v) is 4.48. The predicted molar refractivity (Wildman–Crippen MR) is 123 cm³/mol. The number of aliphatic imine (C=N–C) groups is 1. The Kier molecular flexibility index (Phi) is 6.56. The molecule has 1 aromatic heterocycles. The highest BCUT2D eigenvalue weighted by Gasteiger charge is 2.48. The lowest BCUT2D eigenvalue weighted by Crippen LogP contribution is -2.28. The Hall–Kier alpha value is -3.45. The number of fused-ring (bicyclic) bond motifs is 3. The Morgan fingerprint density at radius 2 is 1.86 bits per heavy atom. The molecule has 1 N–H and O–H groups in total. The normalized spacial score (nSPS) is 16.4. The molecule has 1 aliphatic rings. The van der Waals surface area contributed by atoms with E-state index < -0.39 is 39.3 Å². The lowest BCUT2D eigenvalue weighted by molar-refractivity contribution is -0.142. The van der Waals surface area contributed by atoms with Crippen LogP contribution in [0.4, 0.5) is 13.2 Å². The molecule has 9 nitrogen and oxygen atoms in total.